The highest BCUT2D eigenvalue weighted by atomic mass is 16.6. The first-order valence-corrected chi connectivity index (χ1v) is 13.0. The first-order chi connectivity index (χ1) is 19.2. The van der Waals surface area contributed by atoms with Crippen molar-refractivity contribution >= 4 is 17.5 Å². The van der Waals surface area contributed by atoms with Gasteiger partial charge in [-0.25, -0.2) is 0 Å². The Morgan fingerprint density at radius 1 is 0.950 bits per heavy atom. The van der Waals surface area contributed by atoms with E-state index in [1.807, 2.05) is 62.4 Å². The van der Waals surface area contributed by atoms with E-state index in [4.69, 9.17) is 14.2 Å². The van der Waals surface area contributed by atoms with Gasteiger partial charge in [-0.15, -0.1) is 0 Å². The molecule has 40 heavy (non-hydrogen) atoms. The second-order valence-electron chi connectivity index (χ2n) is 9.28. The van der Waals surface area contributed by atoms with Crippen molar-refractivity contribution in [2.45, 2.75) is 45.3 Å². The van der Waals surface area contributed by atoms with Gasteiger partial charge in [-0.1, -0.05) is 49.4 Å². The highest BCUT2D eigenvalue weighted by Crippen LogP contribution is 2.31. The van der Waals surface area contributed by atoms with Crippen LogP contribution in [-0.4, -0.2) is 54.5 Å². The predicted octanol–water partition coefficient (Wildman–Crippen LogP) is 4.55. The molecule has 0 spiro atoms. The van der Waals surface area contributed by atoms with Crippen LogP contribution < -0.4 is 19.5 Å². The van der Waals surface area contributed by atoms with Crippen LogP contribution in [-0.2, 0) is 22.6 Å². The summed E-state index contributed by atoms with van der Waals surface area (Å²) < 4.78 is 16.2. The average Bonchev–Trinajstić information content (AvgIpc) is 2.97. The minimum absolute atomic E-state index is 0.0121. The SMILES string of the molecule is CC[C@@H](C)NC(=O)[C@H](Cc1ccccc1)N(Cc1cccc(OC)c1)C(=O)COc1ccc([N+](=O)[O-])c(OC)c1. The number of amides is 2. The van der Waals surface area contributed by atoms with Gasteiger partial charge in [0.2, 0.25) is 11.7 Å². The number of carbonyl (C=O) groups excluding carboxylic acids is 2. The number of ether oxygens (including phenoxy) is 3. The first kappa shape index (κ1) is 29.9. The molecule has 2 atom stereocenters. The summed E-state index contributed by atoms with van der Waals surface area (Å²) in [5, 5.41) is 14.3. The van der Waals surface area contributed by atoms with E-state index in [1.165, 1.54) is 30.2 Å². The summed E-state index contributed by atoms with van der Waals surface area (Å²) in [7, 11) is 2.88. The van der Waals surface area contributed by atoms with Gasteiger partial charge in [0.15, 0.2) is 6.61 Å². The van der Waals surface area contributed by atoms with E-state index in [-0.39, 0.29) is 35.7 Å². The van der Waals surface area contributed by atoms with Gasteiger partial charge in [0.25, 0.3) is 5.91 Å². The van der Waals surface area contributed by atoms with Crippen LogP contribution in [0.1, 0.15) is 31.4 Å². The summed E-state index contributed by atoms with van der Waals surface area (Å²) in [5.41, 5.74) is 1.46. The number of hydrogen-bond acceptors (Lipinski definition) is 7. The topological polar surface area (TPSA) is 120 Å². The van der Waals surface area contributed by atoms with Crippen LogP contribution in [0.5, 0.6) is 17.2 Å². The number of carbonyl (C=O) groups is 2. The number of nitrogens with zero attached hydrogens (tertiary/aromatic N) is 2. The highest BCUT2D eigenvalue weighted by Gasteiger charge is 2.31. The number of nitrogens with one attached hydrogen (secondary N) is 1. The van der Waals surface area contributed by atoms with Crippen molar-refractivity contribution in [3.05, 3.63) is 94.0 Å². The van der Waals surface area contributed by atoms with E-state index < -0.39 is 23.5 Å². The maximum Gasteiger partial charge on any atom is 0.311 e. The minimum Gasteiger partial charge on any atom is -0.497 e. The Morgan fingerprint density at radius 2 is 1.68 bits per heavy atom. The Morgan fingerprint density at radius 3 is 2.33 bits per heavy atom. The molecular weight excluding hydrogens is 514 g/mol. The third-order valence-corrected chi connectivity index (χ3v) is 6.47. The molecule has 0 unspecified atom stereocenters. The van der Waals surface area contributed by atoms with Crippen molar-refractivity contribution in [3.8, 4) is 17.2 Å². The fourth-order valence-corrected chi connectivity index (χ4v) is 4.09. The molecule has 0 aliphatic rings. The zero-order valence-electron chi connectivity index (χ0n) is 23.2. The van der Waals surface area contributed by atoms with Gasteiger partial charge in [0.1, 0.15) is 17.5 Å². The second-order valence-corrected chi connectivity index (χ2v) is 9.28. The van der Waals surface area contributed by atoms with Crippen molar-refractivity contribution < 1.29 is 28.7 Å². The Hall–Kier alpha value is -4.60. The van der Waals surface area contributed by atoms with E-state index in [9.17, 15) is 19.7 Å². The fourth-order valence-electron chi connectivity index (χ4n) is 4.09. The molecule has 10 heteroatoms. The van der Waals surface area contributed by atoms with Crippen LogP contribution >= 0.6 is 0 Å². The summed E-state index contributed by atoms with van der Waals surface area (Å²) in [5.74, 6) is 0.161. The van der Waals surface area contributed by atoms with Crippen LogP contribution in [0.3, 0.4) is 0 Å². The number of nitro groups is 1. The molecular formula is C30H35N3O7. The quantitative estimate of drug-likeness (QED) is 0.231. The lowest BCUT2D eigenvalue weighted by molar-refractivity contribution is -0.385. The molecule has 212 valence electrons. The average molecular weight is 550 g/mol. The molecule has 3 aromatic rings. The number of methoxy groups -OCH3 is 2. The van der Waals surface area contributed by atoms with Gasteiger partial charge in [-0.3, -0.25) is 19.7 Å². The lowest BCUT2D eigenvalue weighted by Gasteiger charge is -2.32. The zero-order valence-corrected chi connectivity index (χ0v) is 23.2. The molecule has 10 nitrogen and oxygen atoms in total. The molecule has 1 N–H and O–H groups in total. The molecule has 0 aliphatic heterocycles. The molecule has 2 amide bonds. The van der Waals surface area contributed by atoms with Crippen LogP contribution in [0.25, 0.3) is 0 Å². The van der Waals surface area contributed by atoms with Crippen molar-refractivity contribution in [3.63, 3.8) is 0 Å². The molecule has 0 heterocycles. The van der Waals surface area contributed by atoms with Gasteiger partial charge in [-0.2, -0.15) is 0 Å². The fraction of sp³-hybridized carbons (Fsp3) is 0.333. The number of rotatable bonds is 14. The lowest BCUT2D eigenvalue weighted by atomic mass is 10.0. The van der Waals surface area contributed by atoms with Crippen molar-refractivity contribution in [2.24, 2.45) is 0 Å². The Bertz CT molecular complexity index is 1300. The maximum atomic E-state index is 13.7. The normalized spacial score (nSPS) is 12.1. The number of nitro benzene ring substituents is 1. The standard InChI is InChI=1S/C30H35N3O7/c1-5-21(2)31-30(35)27(17-22-10-7-6-8-11-22)32(19-23-12-9-13-24(16-23)38-3)29(34)20-40-25-14-15-26(33(36)37)28(18-25)39-4/h6-16,18,21,27H,5,17,19-20H2,1-4H3,(H,31,35)/t21-,27+/m1/s1. The Labute approximate surface area is 234 Å². The van der Waals surface area contributed by atoms with Gasteiger partial charge in [0, 0.05) is 31.1 Å². The molecule has 0 saturated carbocycles. The number of hydrogen-bond donors (Lipinski definition) is 1. The monoisotopic (exact) mass is 549 g/mol. The zero-order chi connectivity index (χ0) is 29.1. The van der Waals surface area contributed by atoms with E-state index in [0.29, 0.717) is 12.2 Å². The van der Waals surface area contributed by atoms with Crippen molar-refractivity contribution in [1.29, 1.82) is 0 Å². The van der Waals surface area contributed by atoms with Crippen LogP contribution in [0.15, 0.2) is 72.8 Å². The first-order valence-electron chi connectivity index (χ1n) is 13.0. The summed E-state index contributed by atoms with van der Waals surface area (Å²) in [4.78, 5) is 39.5. The Balaban J connectivity index is 1.94. The number of benzene rings is 3. The third-order valence-electron chi connectivity index (χ3n) is 6.47. The molecule has 0 aromatic heterocycles. The Kier molecular flexibility index (Phi) is 10.9. The molecule has 3 aromatic carbocycles. The maximum absolute atomic E-state index is 13.7. The van der Waals surface area contributed by atoms with Gasteiger partial charge in [-0.05, 0) is 42.7 Å². The molecule has 0 fully saturated rings. The smallest absolute Gasteiger partial charge is 0.311 e. The van der Waals surface area contributed by atoms with E-state index >= 15 is 0 Å². The van der Waals surface area contributed by atoms with Gasteiger partial charge < -0.3 is 24.4 Å². The minimum atomic E-state index is -0.829. The van der Waals surface area contributed by atoms with Crippen molar-refractivity contribution in [1.82, 2.24) is 10.2 Å². The summed E-state index contributed by atoms with van der Waals surface area (Å²) >= 11 is 0. The molecule has 0 aliphatic carbocycles. The summed E-state index contributed by atoms with van der Waals surface area (Å²) in [6.45, 7) is 3.63. The predicted molar refractivity (Wildman–Crippen MR) is 151 cm³/mol. The highest BCUT2D eigenvalue weighted by molar-refractivity contribution is 5.88. The van der Waals surface area contributed by atoms with E-state index in [1.54, 1.807) is 13.2 Å². The lowest BCUT2D eigenvalue weighted by Crippen LogP contribution is -2.53. The second kappa shape index (κ2) is 14.5. The molecule has 0 radical (unpaired) electrons. The van der Waals surface area contributed by atoms with Gasteiger partial charge in [0.05, 0.1) is 19.1 Å². The van der Waals surface area contributed by atoms with Crippen LogP contribution in [0.2, 0.25) is 0 Å². The van der Waals surface area contributed by atoms with Crippen LogP contribution in [0, 0.1) is 10.1 Å². The van der Waals surface area contributed by atoms with Crippen molar-refractivity contribution in [2.75, 3.05) is 20.8 Å². The largest absolute Gasteiger partial charge is 0.497 e. The van der Waals surface area contributed by atoms with Gasteiger partial charge >= 0.3 is 5.69 Å². The van der Waals surface area contributed by atoms with Crippen LogP contribution in [0.4, 0.5) is 5.69 Å². The molecule has 3 rings (SSSR count). The van der Waals surface area contributed by atoms with E-state index in [2.05, 4.69) is 5.32 Å². The molecule has 0 bridgehead atoms. The molecule has 0 saturated heterocycles. The van der Waals surface area contributed by atoms with E-state index in [0.717, 1.165) is 17.5 Å². The third kappa shape index (κ3) is 8.20. The summed E-state index contributed by atoms with van der Waals surface area (Å²) in [6, 6.07) is 19.9. The summed E-state index contributed by atoms with van der Waals surface area (Å²) in [6.07, 6.45) is 1.03.